The van der Waals surface area contributed by atoms with Gasteiger partial charge in [0.05, 0.1) is 6.10 Å². The molecular formula is C9H19NO. The number of rotatable bonds is 4. The quantitative estimate of drug-likeness (QED) is 0.645. The van der Waals surface area contributed by atoms with Crippen LogP contribution in [0.5, 0.6) is 0 Å². The molecule has 66 valence electrons. The Morgan fingerprint density at radius 3 is 2.55 bits per heavy atom. The van der Waals surface area contributed by atoms with Gasteiger partial charge in [0, 0.05) is 6.54 Å². The van der Waals surface area contributed by atoms with E-state index in [0.29, 0.717) is 6.54 Å². The van der Waals surface area contributed by atoms with Crippen LogP contribution in [0.25, 0.3) is 0 Å². The largest absolute Gasteiger partial charge is 0.392 e. The Morgan fingerprint density at radius 1 is 1.36 bits per heavy atom. The van der Waals surface area contributed by atoms with Crippen molar-refractivity contribution in [3.05, 3.63) is 0 Å². The summed E-state index contributed by atoms with van der Waals surface area (Å²) in [5.74, 6) is 0.885. The molecule has 1 unspecified atom stereocenters. The molecule has 1 saturated carbocycles. The van der Waals surface area contributed by atoms with Crippen molar-refractivity contribution in [3.8, 4) is 0 Å². The van der Waals surface area contributed by atoms with Gasteiger partial charge in [0.15, 0.2) is 0 Å². The minimum atomic E-state index is -0.254. The Balaban J connectivity index is 2.01. The maximum Gasteiger partial charge on any atom is 0.0662 e. The highest BCUT2D eigenvalue weighted by molar-refractivity contribution is 4.69. The fraction of sp³-hybridized carbons (Fsp3) is 1.00. The number of aliphatic hydroxyl groups is 1. The maximum atomic E-state index is 9.19. The normalized spacial score (nSPS) is 22.4. The van der Waals surface area contributed by atoms with Gasteiger partial charge in [-0.15, -0.1) is 0 Å². The van der Waals surface area contributed by atoms with Crippen molar-refractivity contribution in [2.75, 3.05) is 6.54 Å². The molecule has 3 N–H and O–H groups in total. The first-order valence-corrected chi connectivity index (χ1v) is 4.71. The van der Waals surface area contributed by atoms with E-state index in [1.54, 1.807) is 0 Å². The van der Waals surface area contributed by atoms with Gasteiger partial charge in [-0.05, 0) is 18.8 Å². The van der Waals surface area contributed by atoms with E-state index in [0.717, 1.165) is 12.3 Å². The molecule has 0 bridgehead atoms. The first kappa shape index (κ1) is 9.01. The third-order valence-electron chi connectivity index (χ3n) is 2.65. The van der Waals surface area contributed by atoms with E-state index in [1.165, 1.54) is 32.1 Å². The molecule has 0 radical (unpaired) electrons. The zero-order valence-electron chi connectivity index (χ0n) is 7.13. The monoisotopic (exact) mass is 157 g/mol. The number of hydrogen-bond donors (Lipinski definition) is 2. The summed E-state index contributed by atoms with van der Waals surface area (Å²) < 4.78 is 0. The van der Waals surface area contributed by atoms with E-state index in [9.17, 15) is 5.11 Å². The highest BCUT2D eigenvalue weighted by atomic mass is 16.3. The van der Waals surface area contributed by atoms with Crippen LogP contribution in [0.3, 0.4) is 0 Å². The smallest absolute Gasteiger partial charge is 0.0662 e. The first-order valence-electron chi connectivity index (χ1n) is 4.71. The van der Waals surface area contributed by atoms with Gasteiger partial charge in [-0.1, -0.05) is 25.7 Å². The van der Waals surface area contributed by atoms with Gasteiger partial charge in [-0.25, -0.2) is 0 Å². The molecule has 1 atom stereocenters. The molecule has 0 aromatic carbocycles. The molecule has 2 heteroatoms. The summed E-state index contributed by atoms with van der Waals surface area (Å²) in [6, 6.07) is 0. The summed E-state index contributed by atoms with van der Waals surface area (Å²) in [5, 5.41) is 9.19. The van der Waals surface area contributed by atoms with Crippen LogP contribution < -0.4 is 5.73 Å². The third kappa shape index (κ3) is 3.21. The average molecular weight is 157 g/mol. The molecule has 0 aliphatic heterocycles. The van der Waals surface area contributed by atoms with E-state index in [1.807, 2.05) is 0 Å². The third-order valence-corrected chi connectivity index (χ3v) is 2.65. The molecule has 0 aromatic heterocycles. The molecule has 1 aliphatic rings. The number of aliphatic hydroxyl groups excluding tert-OH is 1. The zero-order chi connectivity index (χ0) is 8.10. The van der Waals surface area contributed by atoms with Gasteiger partial charge in [0.1, 0.15) is 0 Å². The molecule has 0 amide bonds. The second kappa shape index (κ2) is 4.73. The fourth-order valence-electron chi connectivity index (χ4n) is 1.84. The van der Waals surface area contributed by atoms with Gasteiger partial charge in [-0.3, -0.25) is 0 Å². The van der Waals surface area contributed by atoms with E-state index in [2.05, 4.69) is 0 Å². The zero-order valence-corrected chi connectivity index (χ0v) is 7.13. The highest BCUT2D eigenvalue weighted by Gasteiger charge is 2.15. The minimum absolute atomic E-state index is 0.254. The van der Waals surface area contributed by atoms with Crippen LogP contribution in [0.4, 0.5) is 0 Å². The molecule has 1 aliphatic carbocycles. The second-order valence-electron chi connectivity index (χ2n) is 3.62. The van der Waals surface area contributed by atoms with Crippen molar-refractivity contribution in [1.29, 1.82) is 0 Å². The molecule has 0 heterocycles. The molecule has 0 aromatic rings. The van der Waals surface area contributed by atoms with Gasteiger partial charge in [-0.2, -0.15) is 0 Å². The van der Waals surface area contributed by atoms with Crippen LogP contribution in [-0.4, -0.2) is 17.8 Å². The van der Waals surface area contributed by atoms with Gasteiger partial charge >= 0.3 is 0 Å². The van der Waals surface area contributed by atoms with Gasteiger partial charge in [0.25, 0.3) is 0 Å². The standard InChI is InChI=1S/C9H19NO/c10-7-9(11)6-5-8-3-1-2-4-8/h8-9,11H,1-7,10H2. The Morgan fingerprint density at radius 2 is 2.00 bits per heavy atom. The lowest BCUT2D eigenvalue weighted by molar-refractivity contribution is 0.162. The van der Waals surface area contributed by atoms with Gasteiger partial charge in [0.2, 0.25) is 0 Å². The average Bonchev–Trinajstić information content (AvgIpc) is 2.52. The highest BCUT2D eigenvalue weighted by Crippen LogP contribution is 2.28. The second-order valence-corrected chi connectivity index (χ2v) is 3.62. The van der Waals surface area contributed by atoms with Gasteiger partial charge < -0.3 is 10.8 Å². The Kier molecular flexibility index (Phi) is 3.87. The molecule has 0 spiro atoms. The molecule has 0 saturated heterocycles. The van der Waals surface area contributed by atoms with Crippen LogP contribution in [0.2, 0.25) is 0 Å². The van der Waals surface area contributed by atoms with Crippen LogP contribution in [-0.2, 0) is 0 Å². The summed E-state index contributed by atoms with van der Waals surface area (Å²) >= 11 is 0. The summed E-state index contributed by atoms with van der Waals surface area (Å²) in [7, 11) is 0. The summed E-state index contributed by atoms with van der Waals surface area (Å²) in [6.07, 6.45) is 7.36. The predicted molar refractivity (Wildman–Crippen MR) is 46.3 cm³/mol. The lowest BCUT2D eigenvalue weighted by Gasteiger charge is -2.11. The Bertz CT molecular complexity index is 99.7. The van der Waals surface area contributed by atoms with Crippen molar-refractivity contribution in [2.24, 2.45) is 11.7 Å². The topological polar surface area (TPSA) is 46.2 Å². The van der Waals surface area contributed by atoms with E-state index >= 15 is 0 Å². The Labute approximate surface area is 68.8 Å². The van der Waals surface area contributed by atoms with Crippen molar-refractivity contribution >= 4 is 0 Å². The molecule has 1 fully saturated rings. The Hall–Kier alpha value is -0.0800. The van der Waals surface area contributed by atoms with Crippen LogP contribution >= 0.6 is 0 Å². The predicted octanol–water partition coefficient (Wildman–Crippen LogP) is 1.28. The maximum absolute atomic E-state index is 9.19. The fourth-order valence-corrected chi connectivity index (χ4v) is 1.84. The van der Waals surface area contributed by atoms with Crippen LogP contribution in [0, 0.1) is 5.92 Å². The van der Waals surface area contributed by atoms with Crippen LogP contribution in [0.1, 0.15) is 38.5 Å². The summed E-state index contributed by atoms with van der Waals surface area (Å²) in [5.41, 5.74) is 5.31. The summed E-state index contributed by atoms with van der Waals surface area (Å²) in [4.78, 5) is 0. The van der Waals surface area contributed by atoms with Crippen molar-refractivity contribution in [2.45, 2.75) is 44.6 Å². The molecule has 11 heavy (non-hydrogen) atoms. The van der Waals surface area contributed by atoms with Crippen molar-refractivity contribution < 1.29 is 5.11 Å². The number of nitrogens with two attached hydrogens (primary N) is 1. The molecular weight excluding hydrogens is 138 g/mol. The lowest BCUT2D eigenvalue weighted by atomic mass is 10.00. The summed E-state index contributed by atoms with van der Waals surface area (Å²) in [6.45, 7) is 0.423. The first-order chi connectivity index (χ1) is 5.33. The van der Waals surface area contributed by atoms with E-state index in [4.69, 9.17) is 5.73 Å². The SMILES string of the molecule is NCC(O)CCC1CCCC1. The number of hydrogen-bond acceptors (Lipinski definition) is 2. The van der Waals surface area contributed by atoms with E-state index in [-0.39, 0.29) is 6.10 Å². The molecule has 1 rings (SSSR count). The minimum Gasteiger partial charge on any atom is -0.392 e. The van der Waals surface area contributed by atoms with Crippen molar-refractivity contribution in [3.63, 3.8) is 0 Å². The van der Waals surface area contributed by atoms with Crippen molar-refractivity contribution in [1.82, 2.24) is 0 Å². The van der Waals surface area contributed by atoms with Crippen LogP contribution in [0.15, 0.2) is 0 Å². The lowest BCUT2D eigenvalue weighted by Crippen LogP contribution is -2.20. The molecule has 2 nitrogen and oxygen atoms in total. The van der Waals surface area contributed by atoms with E-state index < -0.39 is 0 Å².